The van der Waals surface area contributed by atoms with E-state index in [1.165, 1.54) is 18.2 Å². The zero-order chi connectivity index (χ0) is 13.7. The number of carbonyl (C=O) groups excluding carboxylic acids is 1. The van der Waals surface area contributed by atoms with Gasteiger partial charge in [-0.25, -0.2) is 4.79 Å². The molecule has 0 fully saturated rings. The lowest BCUT2D eigenvalue weighted by molar-refractivity contribution is -0.384. The molecule has 95 valence electrons. The lowest BCUT2D eigenvalue weighted by Crippen LogP contribution is -2.04. The van der Waals surface area contributed by atoms with Crippen molar-refractivity contribution in [3.63, 3.8) is 0 Å². The molecule has 0 saturated heterocycles. The molecule has 0 saturated carbocycles. The summed E-state index contributed by atoms with van der Waals surface area (Å²) in [6.07, 6.45) is 0. The van der Waals surface area contributed by atoms with Crippen molar-refractivity contribution in [2.75, 3.05) is 0 Å². The molecule has 2 rings (SSSR count). The fourth-order valence-electron chi connectivity index (χ4n) is 1.47. The summed E-state index contributed by atoms with van der Waals surface area (Å²) in [4.78, 5) is 21.6. The first-order valence-corrected chi connectivity index (χ1v) is 5.53. The SMILES string of the molecule is O=C(OCc1ccc([N+](=O)[O-])cc1)c1c[c]ccc1. The van der Waals surface area contributed by atoms with Crippen LogP contribution in [-0.4, -0.2) is 10.9 Å². The summed E-state index contributed by atoms with van der Waals surface area (Å²) in [5.41, 5.74) is 1.12. The molecule has 0 N–H and O–H groups in total. The molecule has 0 aliphatic rings. The Labute approximate surface area is 109 Å². The molecule has 19 heavy (non-hydrogen) atoms. The van der Waals surface area contributed by atoms with Gasteiger partial charge in [-0.15, -0.1) is 0 Å². The quantitative estimate of drug-likeness (QED) is 0.479. The largest absolute Gasteiger partial charge is 0.457 e. The van der Waals surface area contributed by atoms with Crippen molar-refractivity contribution in [2.24, 2.45) is 0 Å². The Morgan fingerprint density at radius 3 is 2.58 bits per heavy atom. The van der Waals surface area contributed by atoms with Crippen LogP contribution in [0.2, 0.25) is 0 Å². The summed E-state index contributed by atoms with van der Waals surface area (Å²) in [6.45, 7) is 0.0751. The summed E-state index contributed by atoms with van der Waals surface area (Å²) >= 11 is 0. The van der Waals surface area contributed by atoms with Gasteiger partial charge in [-0.3, -0.25) is 10.1 Å². The van der Waals surface area contributed by atoms with Crippen LogP contribution in [0.4, 0.5) is 5.69 Å². The van der Waals surface area contributed by atoms with Gasteiger partial charge in [0.25, 0.3) is 5.69 Å². The van der Waals surface area contributed by atoms with Gasteiger partial charge in [0.2, 0.25) is 0 Å². The van der Waals surface area contributed by atoms with Crippen LogP contribution in [0.15, 0.2) is 48.5 Å². The van der Waals surface area contributed by atoms with E-state index in [-0.39, 0.29) is 12.3 Å². The minimum Gasteiger partial charge on any atom is -0.457 e. The Morgan fingerprint density at radius 2 is 2.00 bits per heavy atom. The third kappa shape index (κ3) is 3.38. The van der Waals surface area contributed by atoms with Gasteiger partial charge in [0, 0.05) is 12.1 Å². The van der Waals surface area contributed by atoms with E-state index in [9.17, 15) is 14.9 Å². The van der Waals surface area contributed by atoms with Crippen molar-refractivity contribution in [2.45, 2.75) is 6.61 Å². The number of esters is 1. The molecule has 1 radical (unpaired) electrons. The van der Waals surface area contributed by atoms with Crippen molar-refractivity contribution in [3.05, 3.63) is 75.8 Å². The van der Waals surface area contributed by atoms with Gasteiger partial charge in [0.1, 0.15) is 6.61 Å². The summed E-state index contributed by atoms with van der Waals surface area (Å²) in [5.74, 6) is -0.449. The van der Waals surface area contributed by atoms with Gasteiger partial charge < -0.3 is 4.74 Å². The molecular formula is C14H10NO4. The normalized spacial score (nSPS) is 9.89. The Hall–Kier alpha value is -2.69. The second-order valence-electron chi connectivity index (χ2n) is 3.79. The van der Waals surface area contributed by atoms with Gasteiger partial charge in [0.05, 0.1) is 10.5 Å². The molecule has 0 amide bonds. The number of ether oxygens (including phenoxy) is 1. The van der Waals surface area contributed by atoms with Crippen molar-refractivity contribution in [1.82, 2.24) is 0 Å². The first-order valence-electron chi connectivity index (χ1n) is 5.53. The molecule has 0 aliphatic heterocycles. The van der Waals surface area contributed by atoms with Crippen LogP contribution in [-0.2, 0) is 11.3 Å². The van der Waals surface area contributed by atoms with Crippen molar-refractivity contribution >= 4 is 11.7 Å². The molecule has 0 unspecified atom stereocenters. The monoisotopic (exact) mass is 256 g/mol. The molecular weight excluding hydrogens is 246 g/mol. The maximum absolute atomic E-state index is 11.6. The van der Waals surface area contributed by atoms with Gasteiger partial charge in [-0.05, 0) is 35.9 Å². The number of nitro benzene ring substituents is 1. The number of benzene rings is 2. The molecule has 0 bridgehead atoms. The van der Waals surface area contributed by atoms with E-state index in [4.69, 9.17) is 4.74 Å². The van der Waals surface area contributed by atoms with Crippen molar-refractivity contribution < 1.29 is 14.5 Å². The van der Waals surface area contributed by atoms with Crippen LogP contribution in [0.3, 0.4) is 0 Å². The second kappa shape index (κ2) is 5.77. The van der Waals surface area contributed by atoms with Crippen LogP contribution in [0, 0.1) is 16.2 Å². The van der Waals surface area contributed by atoms with Crippen LogP contribution >= 0.6 is 0 Å². The second-order valence-corrected chi connectivity index (χ2v) is 3.79. The minimum atomic E-state index is -0.477. The standard InChI is InChI=1S/C14H10NO4/c16-14(12-4-2-1-3-5-12)19-10-11-6-8-13(9-7-11)15(17)18/h1-2,4-9H,10H2. The average molecular weight is 256 g/mol. The third-order valence-electron chi connectivity index (χ3n) is 2.46. The number of carbonyl (C=O) groups is 1. The Morgan fingerprint density at radius 1 is 1.26 bits per heavy atom. The highest BCUT2D eigenvalue weighted by Gasteiger charge is 2.08. The zero-order valence-electron chi connectivity index (χ0n) is 9.91. The molecule has 5 heteroatoms. The van der Waals surface area contributed by atoms with Gasteiger partial charge in [-0.1, -0.05) is 12.1 Å². The zero-order valence-corrected chi connectivity index (χ0v) is 9.91. The number of hydrogen-bond donors (Lipinski definition) is 0. The number of non-ortho nitro benzene ring substituents is 1. The fraction of sp³-hybridized carbons (Fsp3) is 0.0714. The third-order valence-corrected chi connectivity index (χ3v) is 2.46. The summed E-state index contributed by atoms with van der Waals surface area (Å²) in [7, 11) is 0. The molecule has 0 heterocycles. The van der Waals surface area contributed by atoms with Gasteiger partial charge in [-0.2, -0.15) is 0 Å². The molecule has 2 aromatic rings. The van der Waals surface area contributed by atoms with E-state index < -0.39 is 10.9 Å². The number of nitrogens with zero attached hydrogens (tertiary/aromatic N) is 1. The summed E-state index contributed by atoms with van der Waals surface area (Å²) in [5, 5.41) is 10.5. The van der Waals surface area contributed by atoms with E-state index in [1.807, 2.05) is 0 Å². The first kappa shape index (κ1) is 12.8. The number of rotatable bonds is 4. The molecule has 5 nitrogen and oxygen atoms in total. The number of hydrogen-bond acceptors (Lipinski definition) is 4. The van der Waals surface area contributed by atoms with Crippen LogP contribution in [0.25, 0.3) is 0 Å². The highest BCUT2D eigenvalue weighted by atomic mass is 16.6. The maximum Gasteiger partial charge on any atom is 0.338 e. The fourth-order valence-corrected chi connectivity index (χ4v) is 1.47. The lowest BCUT2D eigenvalue weighted by atomic mass is 10.2. The Balaban J connectivity index is 1.95. The Bertz CT molecular complexity index is 578. The van der Waals surface area contributed by atoms with Crippen LogP contribution < -0.4 is 0 Å². The predicted molar refractivity (Wildman–Crippen MR) is 67.5 cm³/mol. The van der Waals surface area contributed by atoms with Gasteiger partial charge >= 0.3 is 5.97 Å². The molecule has 0 aromatic heterocycles. The topological polar surface area (TPSA) is 69.4 Å². The minimum absolute atomic E-state index is 0.00716. The van der Waals surface area contributed by atoms with E-state index in [1.54, 1.807) is 30.3 Å². The maximum atomic E-state index is 11.6. The van der Waals surface area contributed by atoms with E-state index in [2.05, 4.69) is 6.07 Å². The molecule has 0 aliphatic carbocycles. The van der Waals surface area contributed by atoms with Crippen LogP contribution in [0.1, 0.15) is 15.9 Å². The van der Waals surface area contributed by atoms with Crippen molar-refractivity contribution in [1.29, 1.82) is 0 Å². The van der Waals surface area contributed by atoms with Gasteiger partial charge in [0.15, 0.2) is 0 Å². The molecule has 0 atom stereocenters. The van der Waals surface area contributed by atoms with E-state index in [0.29, 0.717) is 11.1 Å². The highest BCUT2D eigenvalue weighted by Crippen LogP contribution is 2.13. The summed E-state index contributed by atoms with van der Waals surface area (Å²) in [6, 6.07) is 15.2. The van der Waals surface area contributed by atoms with E-state index in [0.717, 1.165) is 0 Å². The molecule has 0 spiro atoms. The highest BCUT2D eigenvalue weighted by molar-refractivity contribution is 5.89. The lowest BCUT2D eigenvalue weighted by Gasteiger charge is -2.04. The molecule has 2 aromatic carbocycles. The number of nitro groups is 1. The average Bonchev–Trinajstić information content (AvgIpc) is 2.46. The Kier molecular flexibility index (Phi) is 3.87. The van der Waals surface area contributed by atoms with Crippen LogP contribution in [0.5, 0.6) is 0 Å². The smallest absolute Gasteiger partial charge is 0.338 e. The first-order chi connectivity index (χ1) is 9.16. The summed E-state index contributed by atoms with van der Waals surface area (Å²) < 4.78 is 5.09. The van der Waals surface area contributed by atoms with Crippen molar-refractivity contribution in [3.8, 4) is 0 Å². The predicted octanol–water partition coefficient (Wildman–Crippen LogP) is 2.75. The van der Waals surface area contributed by atoms with E-state index >= 15 is 0 Å².